The van der Waals surface area contributed by atoms with Crippen LogP contribution in [0.1, 0.15) is 20.3 Å². The number of hydrogen-bond acceptors (Lipinski definition) is 3. The molecule has 2 atom stereocenters. The van der Waals surface area contributed by atoms with Crippen LogP contribution < -0.4 is 11.1 Å². The van der Waals surface area contributed by atoms with Gasteiger partial charge in [0.2, 0.25) is 5.91 Å². The quantitative estimate of drug-likeness (QED) is 0.693. The summed E-state index contributed by atoms with van der Waals surface area (Å²) in [5.74, 6) is 0.786. The van der Waals surface area contributed by atoms with Crippen LogP contribution in [0.2, 0.25) is 0 Å². The molecule has 1 aliphatic rings. The summed E-state index contributed by atoms with van der Waals surface area (Å²) in [6.45, 7) is 6.92. The predicted molar refractivity (Wildman–Crippen MR) is 61.4 cm³/mol. The van der Waals surface area contributed by atoms with Crippen LogP contribution in [0.5, 0.6) is 0 Å². The Morgan fingerprint density at radius 3 is 2.73 bits per heavy atom. The molecule has 3 N–H and O–H groups in total. The summed E-state index contributed by atoms with van der Waals surface area (Å²) < 4.78 is 0. The van der Waals surface area contributed by atoms with E-state index in [0.29, 0.717) is 5.92 Å². The highest BCUT2D eigenvalue weighted by molar-refractivity contribution is 5.81. The van der Waals surface area contributed by atoms with Crippen molar-refractivity contribution in [3.63, 3.8) is 0 Å². The molecule has 0 aromatic carbocycles. The van der Waals surface area contributed by atoms with Crippen molar-refractivity contribution in [2.75, 3.05) is 26.7 Å². The minimum Gasteiger partial charge on any atom is -0.354 e. The molecule has 1 amide bonds. The van der Waals surface area contributed by atoms with Crippen molar-refractivity contribution in [1.82, 2.24) is 10.2 Å². The SMILES string of the molecule is CC(C)C(N)C(=O)NCC1CCN(C)C1. The van der Waals surface area contributed by atoms with Crippen molar-refractivity contribution in [2.45, 2.75) is 26.3 Å². The summed E-state index contributed by atoms with van der Waals surface area (Å²) in [5, 5.41) is 2.94. The van der Waals surface area contributed by atoms with Crippen molar-refractivity contribution in [2.24, 2.45) is 17.6 Å². The molecular formula is C11H23N3O. The normalized spacial score (nSPS) is 24.5. The van der Waals surface area contributed by atoms with E-state index in [2.05, 4.69) is 17.3 Å². The Hall–Kier alpha value is -0.610. The third-order valence-electron chi connectivity index (χ3n) is 3.07. The van der Waals surface area contributed by atoms with E-state index >= 15 is 0 Å². The fourth-order valence-electron chi connectivity index (χ4n) is 1.86. The van der Waals surface area contributed by atoms with Crippen LogP contribution >= 0.6 is 0 Å². The first-order chi connectivity index (χ1) is 7.00. The third kappa shape index (κ3) is 3.80. The Kier molecular flexibility index (Phi) is 4.54. The van der Waals surface area contributed by atoms with E-state index in [1.54, 1.807) is 0 Å². The molecule has 4 heteroatoms. The third-order valence-corrected chi connectivity index (χ3v) is 3.07. The van der Waals surface area contributed by atoms with Crippen molar-refractivity contribution in [1.29, 1.82) is 0 Å². The van der Waals surface area contributed by atoms with Gasteiger partial charge in [0.25, 0.3) is 0 Å². The number of carbonyl (C=O) groups excluding carboxylic acids is 1. The van der Waals surface area contributed by atoms with Crippen LogP contribution in [-0.4, -0.2) is 43.5 Å². The molecule has 15 heavy (non-hydrogen) atoms. The summed E-state index contributed by atoms with van der Waals surface area (Å²) in [5.41, 5.74) is 5.75. The van der Waals surface area contributed by atoms with E-state index < -0.39 is 0 Å². The molecule has 1 heterocycles. The van der Waals surface area contributed by atoms with Gasteiger partial charge in [-0.15, -0.1) is 0 Å². The molecule has 1 rings (SSSR count). The zero-order valence-corrected chi connectivity index (χ0v) is 9.99. The largest absolute Gasteiger partial charge is 0.354 e. The molecule has 0 saturated carbocycles. The van der Waals surface area contributed by atoms with Gasteiger partial charge < -0.3 is 16.0 Å². The molecule has 0 aliphatic carbocycles. The Balaban J connectivity index is 2.22. The second-order valence-corrected chi connectivity index (χ2v) is 4.93. The summed E-state index contributed by atoms with van der Waals surface area (Å²) >= 11 is 0. The van der Waals surface area contributed by atoms with Crippen LogP contribution in [-0.2, 0) is 4.79 Å². The number of nitrogens with two attached hydrogens (primary N) is 1. The molecule has 4 nitrogen and oxygen atoms in total. The maximum absolute atomic E-state index is 11.6. The van der Waals surface area contributed by atoms with Gasteiger partial charge in [0.15, 0.2) is 0 Å². The fourth-order valence-corrected chi connectivity index (χ4v) is 1.86. The molecule has 0 bridgehead atoms. The number of nitrogens with zero attached hydrogens (tertiary/aromatic N) is 1. The number of amides is 1. The molecule has 88 valence electrons. The van der Waals surface area contributed by atoms with Gasteiger partial charge in [0.1, 0.15) is 0 Å². The molecule has 0 aromatic heterocycles. The van der Waals surface area contributed by atoms with E-state index in [0.717, 1.165) is 19.6 Å². The van der Waals surface area contributed by atoms with Crippen molar-refractivity contribution in [3.05, 3.63) is 0 Å². The van der Waals surface area contributed by atoms with Gasteiger partial charge in [-0.2, -0.15) is 0 Å². The lowest BCUT2D eigenvalue weighted by molar-refractivity contribution is -0.123. The van der Waals surface area contributed by atoms with Crippen molar-refractivity contribution >= 4 is 5.91 Å². The molecule has 0 radical (unpaired) electrons. The Morgan fingerprint density at radius 2 is 2.27 bits per heavy atom. The maximum Gasteiger partial charge on any atom is 0.237 e. The van der Waals surface area contributed by atoms with E-state index in [1.165, 1.54) is 6.42 Å². The second kappa shape index (κ2) is 5.47. The molecule has 1 fully saturated rings. The Morgan fingerprint density at radius 1 is 1.60 bits per heavy atom. The average molecular weight is 213 g/mol. The zero-order valence-electron chi connectivity index (χ0n) is 9.99. The Labute approximate surface area is 92.2 Å². The van der Waals surface area contributed by atoms with Gasteiger partial charge in [-0.05, 0) is 31.8 Å². The predicted octanol–water partition coefficient (Wildman–Crippen LogP) is 0.0376. The van der Waals surface area contributed by atoms with E-state index in [4.69, 9.17) is 5.73 Å². The lowest BCUT2D eigenvalue weighted by atomic mass is 10.0. The fraction of sp³-hybridized carbons (Fsp3) is 0.909. The van der Waals surface area contributed by atoms with Gasteiger partial charge in [-0.1, -0.05) is 13.8 Å². The lowest BCUT2D eigenvalue weighted by Gasteiger charge is -2.17. The summed E-state index contributed by atoms with van der Waals surface area (Å²) in [7, 11) is 2.11. The number of carbonyl (C=O) groups is 1. The highest BCUT2D eigenvalue weighted by atomic mass is 16.2. The van der Waals surface area contributed by atoms with Crippen molar-refractivity contribution < 1.29 is 4.79 Å². The monoisotopic (exact) mass is 213 g/mol. The highest BCUT2D eigenvalue weighted by Crippen LogP contribution is 2.12. The summed E-state index contributed by atoms with van der Waals surface area (Å²) in [4.78, 5) is 13.9. The highest BCUT2D eigenvalue weighted by Gasteiger charge is 2.22. The molecule has 2 unspecified atom stereocenters. The van der Waals surface area contributed by atoms with Gasteiger partial charge in [0, 0.05) is 13.1 Å². The van der Waals surface area contributed by atoms with Crippen LogP contribution in [0.3, 0.4) is 0 Å². The van der Waals surface area contributed by atoms with Crippen molar-refractivity contribution in [3.8, 4) is 0 Å². The molecule has 1 saturated heterocycles. The minimum absolute atomic E-state index is 0.0143. The molecule has 0 spiro atoms. The summed E-state index contributed by atoms with van der Waals surface area (Å²) in [6, 6.07) is -0.371. The smallest absolute Gasteiger partial charge is 0.237 e. The Bertz CT molecular complexity index is 218. The van der Waals surface area contributed by atoms with Crippen LogP contribution in [0.4, 0.5) is 0 Å². The van der Waals surface area contributed by atoms with Gasteiger partial charge in [0.05, 0.1) is 6.04 Å². The molecular weight excluding hydrogens is 190 g/mol. The summed E-state index contributed by atoms with van der Waals surface area (Å²) in [6.07, 6.45) is 1.17. The first-order valence-electron chi connectivity index (χ1n) is 5.72. The number of hydrogen-bond donors (Lipinski definition) is 2. The van der Waals surface area contributed by atoms with Crippen LogP contribution in [0.25, 0.3) is 0 Å². The first-order valence-corrected chi connectivity index (χ1v) is 5.72. The lowest BCUT2D eigenvalue weighted by Crippen LogP contribution is -2.45. The van der Waals surface area contributed by atoms with Gasteiger partial charge in [-0.25, -0.2) is 0 Å². The van der Waals surface area contributed by atoms with E-state index in [-0.39, 0.29) is 17.9 Å². The molecule has 1 aliphatic heterocycles. The van der Waals surface area contributed by atoms with Gasteiger partial charge in [-0.3, -0.25) is 4.79 Å². The first kappa shape index (κ1) is 12.5. The zero-order chi connectivity index (χ0) is 11.4. The topological polar surface area (TPSA) is 58.4 Å². The average Bonchev–Trinajstić information content (AvgIpc) is 2.59. The minimum atomic E-state index is -0.371. The van der Waals surface area contributed by atoms with Gasteiger partial charge >= 0.3 is 0 Å². The van der Waals surface area contributed by atoms with Crippen LogP contribution in [0.15, 0.2) is 0 Å². The maximum atomic E-state index is 11.6. The molecule has 0 aromatic rings. The number of rotatable bonds is 4. The van der Waals surface area contributed by atoms with E-state index in [1.807, 2.05) is 13.8 Å². The van der Waals surface area contributed by atoms with Crippen LogP contribution in [0, 0.1) is 11.8 Å². The second-order valence-electron chi connectivity index (χ2n) is 4.93. The standard InChI is InChI=1S/C11H23N3O/c1-8(2)10(12)11(15)13-6-9-4-5-14(3)7-9/h8-10H,4-7,12H2,1-3H3,(H,13,15). The van der Waals surface area contributed by atoms with E-state index in [9.17, 15) is 4.79 Å². The number of likely N-dealkylation sites (tertiary alicyclic amines) is 1. The number of nitrogens with one attached hydrogen (secondary N) is 1.